The van der Waals surface area contributed by atoms with Crippen LogP contribution in [-0.4, -0.2) is 85.7 Å². The third kappa shape index (κ3) is 10.8. The Hall–Kier alpha value is -3.48. The molecule has 0 aliphatic carbocycles. The summed E-state index contributed by atoms with van der Waals surface area (Å²) < 4.78 is 20.6. The van der Waals surface area contributed by atoms with Crippen LogP contribution < -0.4 is 25.4 Å². The van der Waals surface area contributed by atoms with Crippen LogP contribution in [-0.2, 0) is 23.9 Å². The van der Waals surface area contributed by atoms with Crippen molar-refractivity contribution in [1.82, 2.24) is 16.0 Å². The minimum Gasteiger partial charge on any atom is -0.482 e. The number of nitrogens with one attached hydrogen (secondary N) is 3. The molecule has 0 bridgehead atoms. The van der Waals surface area contributed by atoms with Crippen LogP contribution in [0.5, 0.6) is 11.5 Å². The second kappa shape index (κ2) is 16.7. The molecule has 2 saturated heterocycles. The average molecular weight is 594 g/mol. The first-order valence-corrected chi connectivity index (χ1v) is 15.0. The number of unbranched alkanes of at least 4 members (excludes halogenated alkanes) is 1. The quantitative estimate of drug-likeness (QED) is 0.0999. The molecule has 0 unspecified atom stereocenters. The molecule has 0 spiro atoms. The highest BCUT2D eigenvalue weighted by Crippen LogP contribution is 2.33. The Morgan fingerprint density at radius 2 is 1.56 bits per heavy atom. The number of carbonyl (C=O) groups is 5. The first-order valence-electron chi connectivity index (χ1n) is 14.0. The van der Waals surface area contributed by atoms with E-state index in [2.05, 4.69) is 16.0 Å². The Morgan fingerprint density at radius 3 is 2.20 bits per heavy atom. The molecule has 0 radical (unpaired) electrons. The van der Waals surface area contributed by atoms with E-state index in [1.54, 1.807) is 13.8 Å². The second-order valence-corrected chi connectivity index (χ2v) is 10.9. The molecular weight excluding hydrogens is 554 g/mol. The summed E-state index contributed by atoms with van der Waals surface area (Å²) in [6, 6.07) is 4.74. The van der Waals surface area contributed by atoms with Crippen molar-refractivity contribution in [2.75, 3.05) is 38.7 Å². The van der Waals surface area contributed by atoms with Crippen LogP contribution >= 0.6 is 11.8 Å². The van der Waals surface area contributed by atoms with Gasteiger partial charge in [0.2, 0.25) is 5.91 Å². The van der Waals surface area contributed by atoms with Crippen LogP contribution in [0.25, 0.3) is 0 Å². The number of rotatable bonds is 18. The number of amides is 3. The number of urea groups is 1. The van der Waals surface area contributed by atoms with Gasteiger partial charge in [-0.2, -0.15) is 11.8 Å². The third-order valence-corrected chi connectivity index (χ3v) is 8.02. The minimum atomic E-state index is -0.556. The van der Waals surface area contributed by atoms with Crippen molar-refractivity contribution in [3.8, 4) is 11.5 Å². The topological polar surface area (TPSA) is 158 Å². The lowest BCUT2D eigenvalue weighted by molar-refractivity contribution is -0.146. The molecule has 2 aliphatic heterocycles. The van der Waals surface area contributed by atoms with E-state index in [1.807, 2.05) is 11.8 Å². The molecule has 13 heteroatoms. The molecule has 2 aliphatic rings. The Balaban J connectivity index is 1.39. The van der Waals surface area contributed by atoms with Crippen LogP contribution in [0.2, 0.25) is 0 Å². The van der Waals surface area contributed by atoms with Crippen molar-refractivity contribution in [2.45, 2.75) is 69.7 Å². The lowest BCUT2D eigenvalue weighted by Crippen LogP contribution is -2.36. The van der Waals surface area contributed by atoms with Gasteiger partial charge < -0.3 is 34.9 Å². The van der Waals surface area contributed by atoms with Crippen LogP contribution in [0.15, 0.2) is 18.2 Å². The molecule has 3 amide bonds. The van der Waals surface area contributed by atoms with Crippen molar-refractivity contribution in [3.63, 3.8) is 0 Å². The summed E-state index contributed by atoms with van der Waals surface area (Å²) in [6.45, 7) is 3.46. The summed E-state index contributed by atoms with van der Waals surface area (Å²) in [6.07, 6.45) is 3.62. The van der Waals surface area contributed by atoms with E-state index < -0.39 is 11.9 Å². The fourth-order valence-corrected chi connectivity index (χ4v) is 6.12. The Kier molecular flexibility index (Phi) is 13.1. The number of hydrogen-bond acceptors (Lipinski definition) is 10. The van der Waals surface area contributed by atoms with E-state index in [0.29, 0.717) is 24.6 Å². The number of Topliss-reactive ketones (excluding diaryl/α,β-unsaturated/α-hetero) is 1. The highest BCUT2D eigenvalue weighted by atomic mass is 32.2. The number of carbonyl (C=O) groups excluding carboxylic acids is 5. The summed E-state index contributed by atoms with van der Waals surface area (Å²) in [7, 11) is 0. The average Bonchev–Trinajstić information content (AvgIpc) is 3.50. The molecule has 41 heavy (non-hydrogen) atoms. The molecule has 2 fully saturated rings. The third-order valence-electron chi connectivity index (χ3n) is 6.51. The lowest BCUT2D eigenvalue weighted by Gasteiger charge is -2.16. The van der Waals surface area contributed by atoms with Gasteiger partial charge in [0.1, 0.15) is 11.5 Å². The van der Waals surface area contributed by atoms with Crippen molar-refractivity contribution < 1.29 is 42.9 Å². The monoisotopic (exact) mass is 593 g/mol. The van der Waals surface area contributed by atoms with Gasteiger partial charge in [-0.15, -0.1) is 0 Å². The maximum atomic E-state index is 12.9. The van der Waals surface area contributed by atoms with E-state index >= 15 is 0 Å². The molecule has 226 valence electrons. The van der Waals surface area contributed by atoms with Gasteiger partial charge >= 0.3 is 18.0 Å². The van der Waals surface area contributed by atoms with Crippen LogP contribution in [0.1, 0.15) is 62.7 Å². The highest BCUT2D eigenvalue weighted by molar-refractivity contribution is 8.00. The number of ketones is 1. The standard InChI is InChI=1S/C28H39N3O9S/c1-3-37-25(34)15-39-19-12-18(13-20(14-19)40-16-26(35)38-4-2)22(32)8-7-11-29-24(33)10-6-5-9-23-27-21(17-41-23)30-28(36)31-27/h12-14,21,23,27H,3-11,15-17H2,1-2H3,(H,29,33)(H2,30,31,36)/t21-,23-,27-/m0/s1. The fourth-order valence-electron chi connectivity index (χ4n) is 4.57. The molecule has 3 N–H and O–H groups in total. The number of hydrogen-bond donors (Lipinski definition) is 3. The maximum absolute atomic E-state index is 12.9. The van der Waals surface area contributed by atoms with Gasteiger partial charge in [-0.25, -0.2) is 14.4 Å². The van der Waals surface area contributed by atoms with E-state index in [-0.39, 0.29) is 79.7 Å². The summed E-state index contributed by atoms with van der Waals surface area (Å²) >= 11 is 1.86. The summed E-state index contributed by atoms with van der Waals surface area (Å²) in [5.74, 6) is -0.0281. The normalized spacial score (nSPS) is 19.0. The number of fused-ring (bicyclic) bond motifs is 1. The Labute approximate surface area is 243 Å². The van der Waals surface area contributed by atoms with Crippen molar-refractivity contribution in [2.24, 2.45) is 0 Å². The number of thioether (sulfide) groups is 1. The van der Waals surface area contributed by atoms with Gasteiger partial charge in [0, 0.05) is 42.0 Å². The Morgan fingerprint density at radius 1 is 0.902 bits per heavy atom. The van der Waals surface area contributed by atoms with Gasteiger partial charge in [0.15, 0.2) is 19.0 Å². The molecule has 1 aromatic rings. The van der Waals surface area contributed by atoms with Gasteiger partial charge in [-0.05, 0) is 45.2 Å². The van der Waals surface area contributed by atoms with Gasteiger partial charge in [0.25, 0.3) is 0 Å². The molecular formula is C28H39N3O9S. The van der Waals surface area contributed by atoms with E-state index in [1.165, 1.54) is 18.2 Å². The minimum absolute atomic E-state index is 0.0609. The number of benzene rings is 1. The SMILES string of the molecule is CCOC(=O)COc1cc(OCC(=O)OCC)cc(C(=O)CCCNC(=O)CCCC[C@@H]2SC[C@@H]3NC(=O)N[C@@H]32)c1. The van der Waals surface area contributed by atoms with Crippen molar-refractivity contribution in [3.05, 3.63) is 23.8 Å². The smallest absolute Gasteiger partial charge is 0.344 e. The van der Waals surface area contributed by atoms with Crippen LogP contribution in [0, 0.1) is 0 Å². The van der Waals surface area contributed by atoms with E-state index in [9.17, 15) is 24.0 Å². The highest BCUT2D eigenvalue weighted by Gasteiger charge is 2.42. The molecule has 0 saturated carbocycles. The number of ether oxygens (including phenoxy) is 4. The molecule has 3 rings (SSSR count). The summed E-state index contributed by atoms with van der Waals surface area (Å²) in [5.41, 5.74) is 0.289. The first kappa shape index (κ1) is 32.0. The predicted octanol–water partition coefficient (Wildman–Crippen LogP) is 2.38. The molecule has 0 aromatic heterocycles. The maximum Gasteiger partial charge on any atom is 0.344 e. The molecule has 2 heterocycles. The molecule has 3 atom stereocenters. The van der Waals surface area contributed by atoms with E-state index in [0.717, 1.165) is 25.0 Å². The van der Waals surface area contributed by atoms with Crippen molar-refractivity contribution in [1.29, 1.82) is 0 Å². The zero-order valence-corrected chi connectivity index (χ0v) is 24.3. The van der Waals surface area contributed by atoms with Gasteiger partial charge in [-0.3, -0.25) is 9.59 Å². The molecule has 12 nitrogen and oxygen atoms in total. The van der Waals surface area contributed by atoms with E-state index in [4.69, 9.17) is 18.9 Å². The lowest BCUT2D eigenvalue weighted by atomic mass is 10.0. The van der Waals surface area contributed by atoms with Gasteiger partial charge in [-0.1, -0.05) is 6.42 Å². The molecule has 1 aromatic carbocycles. The summed E-state index contributed by atoms with van der Waals surface area (Å²) in [5, 5.41) is 9.14. The van der Waals surface area contributed by atoms with Crippen LogP contribution in [0.3, 0.4) is 0 Å². The largest absolute Gasteiger partial charge is 0.482 e. The predicted molar refractivity (Wildman–Crippen MR) is 151 cm³/mol. The number of esters is 2. The Bertz CT molecular complexity index is 1040. The first-order chi connectivity index (χ1) is 19.8. The van der Waals surface area contributed by atoms with Crippen molar-refractivity contribution >= 4 is 41.4 Å². The zero-order chi connectivity index (χ0) is 29.6. The second-order valence-electron chi connectivity index (χ2n) is 9.62. The summed E-state index contributed by atoms with van der Waals surface area (Å²) in [4.78, 5) is 59.9. The van der Waals surface area contributed by atoms with Gasteiger partial charge in [0.05, 0.1) is 25.3 Å². The fraction of sp³-hybridized carbons (Fsp3) is 0.607. The van der Waals surface area contributed by atoms with Crippen LogP contribution in [0.4, 0.5) is 4.79 Å². The zero-order valence-electron chi connectivity index (χ0n) is 23.5.